The van der Waals surface area contributed by atoms with Gasteiger partial charge in [-0.15, -0.1) is 11.8 Å². The molecular weight excluding hydrogens is 632 g/mol. The minimum Gasteiger partial charge on any atom is -0.450 e. The lowest BCUT2D eigenvalue weighted by molar-refractivity contribution is -0.481. The molecule has 0 bridgehead atoms. The van der Waals surface area contributed by atoms with Crippen LogP contribution in [0.15, 0.2) is 77.2 Å². The van der Waals surface area contributed by atoms with Gasteiger partial charge < -0.3 is 19.9 Å². The molecular formula is C34H35FN2O7S2. The summed E-state index contributed by atoms with van der Waals surface area (Å²) in [6.45, 7) is 3.90. The fourth-order valence-electron chi connectivity index (χ4n) is 4.66. The van der Waals surface area contributed by atoms with Gasteiger partial charge in [0.15, 0.2) is 0 Å². The van der Waals surface area contributed by atoms with Gasteiger partial charge in [-0.05, 0) is 108 Å². The largest absolute Gasteiger partial charge is 0.450 e. The summed E-state index contributed by atoms with van der Waals surface area (Å²) in [4.78, 5) is 33.6. The van der Waals surface area contributed by atoms with Crippen LogP contribution in [0.4, 0.5) is 4.39 Å². The van der Waals surface area contributed by atoms with Gasteiger partial charge in [-0.25, -0.2) is 9.18 Å². The first-order chi connectivity index (χ1) is 22.1. The van der Waals surface area contributed by atoms with E-state index in [1.54, 1.807) is 36.0 Å². The van der Waals surface area contributed by atoms with Gasteiger partial charge in [-0.2, -0.15) is 0 Å². The van der Waals surface area contributed by atoms with Gasteiger partial charge in [0.1, 0.15) is 16.6 Å². The zero-order chi connectivity index (χ0) is 33.6. The first kappa shape index (κ1) is 36.1. The van der Waals surface area contributed by atoms with Gasteiger partial charge >= 0.3 is 5.97 Å². The third-order valence-electron chi connectivity index (χ3n) is 6.97. The third-order valence-corrected chi connectivity index (χ3v) is 7.95. The molecule has 1 unspecified atom stereocenters. The number of ether oxygens (including phenoxy) is 3. The number of allylic oxidation sites excluding steroid dienone is 3. The van der Waals surface area contributed by atoms with Gasteiger partial charge in [-0.1, -0.05) is 37.3 Å². The van der Waals surface area contributed by atoms with Crippen LogP contribution in [0.2, 0.25) is 0 Å². The molecule has 0 radical (unpaired) electrons. The van der Waals surface area contributed by atoms with Crippen LogP contribution in [-0.2, 0) is 19.1 Å². The van der Waals surface area contributed by atoms with E-state index in [-0.39, 0.29) is 49.2 Å². The van der Waals surface area contributed by atoms with Crippen molar-refractivity contribution in [3.8, 4) is 5.75 Å². The second-order valence-electron chi connectivity index (χ2n) is 9.99. The summed E-state index contributed by atoms with van der Waals surface area (Å²) in [6, 6.07) is 19.8. The highest BCUT2D eigenvalue weighted by Gasteiger charge is 2.24. The highest BCUT2D eigenvalue weighted by atomic mass is 32.2. The summed E-state index contributed by atoms with van der Waals surface area (Å²) in [5.41, 5.74) is 13.2. The average molecular weight is 667 g/mol. The molecule has 0 saturated carbocycles. The Hall–Kier alpha value is -4.39. The molecule has 0 amide bonds. The molecule has 0 spiro atoms. The summed E-state index contributed by atoms with van der Waals surface area (Å²) in [7, 11) is 0. The van der Waals surface area contributed by atoms with Crippen LogP contribution in [0, 0.1) is 15.9 Å². The SMILES string of the molecule is CCC1=C(C)/C(=C/c2ccc(SC)cc2)c2ccc(F)cc21.NC(=S)c1ccc(OC(=O)C(COCCC[N+](=O)[O-])OC=O)cc1. The molecule has 1 aliphatic carbocycles. The maximum absolute atomic E-state index is 13.6. The summed E-state index contributed by atoms with van der Waals surface area (Å²) >= 11 is 6.55. The minimum atomic E-state index is -1.27. The zero-order valence-corrected chi connectivity index (χ0v) is 27.3. The van der Waals surface area contributed by atoms with Crippen LogP contribution in [0.25, 0.3) is 17.2 Å². The molecule has 2 N–H and O–H groups in total. The summed E-state index contributed by atoms with van der Waals surface area (Å²) in [6.07, 6.45) is 4.11. The quantitative estimate of drug-likeness (QED) is 0.0289. The van der Waals surface area contributed by atoms with Crippen molar-refractivity contribution in [2.75, 3.05) is 26.0 Å². The van der Waals surface area contributed by atoms with Crippen molar-refractivity contribution in [1.29, 1.82) is 0 Å². The number of nitrogens with two attached hydrogens (primary N) is 1. The minimum absolute atomic E-state index is 0.0512. The van der Waals surface area contributed by atoms with Crippen LogP contribution >= 0.6 is 24.0 Å². The Morgan fingerprint density at radius 3 is 2.39 bits per heavy atom. The van der Waals surface area contributed by atoms with Crippen LogP contribution in [0.5, 0.6) is 5.75 Å². The van der Waals surface area contributed by atoms with Gasteiger partial charge in [0.2, 0.25) is 12.6 Å². The molecule has 46 heavy (non-hydrogen) atoms. The van der Waals surface area contributed by atoms with Crippen molar-refractivity contribution in [1.82, 2.24) is 0 Å². The molecule has 0 aliphatic heterocycles. The van der Waals surface area contributed by atoms with Gasteiger partial charge in [0.05, 0.1) is 13.2 Å². The standard InChI is InChI=1S/C20H19FS.C14H16N2O7S/c1-4-17-13(2)19(18-10-7-15(21)12-20(17)18)11-14-5-8-16(22-3)9-6-14;15-13(24)10-2-4-11(5-3-10)23-14(18)12(22-9-17)8-21-7-1-6-16(19)20/h5-12H,4H2,1-3H3;2-5,9,12H,1,6-8H2,(H2,15,24)/b19-11-;. The molecule has 12 heteroatoms. The molecule has 0 saturated heterocycles. The van der Waals surface area contributed by atoms with Crippen LogP contribution in [0.3, 0.4) is 0 Å². The molecule has 4 rings (SSSR count). The Bertz CT molecular complexity index is 1610. The maximum atomic E-state index is 13.6. The number of esters is 1. The number of hydrogen-bond acceptors (Lipinski definition) is 9. The molecule has 1 atom stereocenters. The Labute approximate surface area is 276 Å². The molecule has 3 aromatic rings. The van der Waals surface area contributed by atoms with E-state index < -0.39 is 17.0 Å². The van der Waals surface area contributed by atoms with Crippen molar-refractivity contribution in [2.45, 2.75) is 37.7 Å². The lowest BCUT2D eigenvalue weighted by Gasteiger charge is -2.14. The molecule has 0 aromatic heterocycles. The van der Waals surface area contributed by atoms with Crippen LogP contribution in [0.1, 0.15) is 48.9 Å². The number of halogens is 1. The number of fused-ring (bicyclic) bond motifs is 1. The number of thiocarbonyl (C=S) groups is 1. The number of thioether (sulfide) groups is 1. The van der Waals surface area contributed by atoms with Crippen molar-refractivity contribution >= 4 is 58.6 Å². The van der Waals surface area contributed by atoms with Crippen LogP contribution < -0.4 is 10.5 Å². The highest BCUT2D eigenvalue weighted by Crippen LogP contribution is 2.43. The van der Waals surface area contributed by atoms with E-state index in [9.17, 15) is 24.1 Å². The Balaban J connectivity index is 0.000000251. The lowest BCUT2D eigenvalue weighted by atomic mass is 10.0. The van der Waals surface area contributed by atoms with E-state index in [4.69, 9.17) is 27.4 Å². The van der Waals surface area contributed by atoms with Gasteiger partial charge in [-0.3, -0.25) is 14.9 Å². The second kappa shape index (κ2) is 17.9. The lowest BCUT2D eigenvalue weighted by Crippen LogP contribution is -2.33. The monoisotopic (exact) mass is 666 g/mol. The van der Waals surface area contributed by atoms with Crippen LogP contribution in [-0.4, -0.2) is 54.5 Å². The Morgan fingerprint density at radius 2 is 1.80 bits per heavy atom. The molecule has 0 fully saturated rings. The topological polar surface area (TPSA) is 131 Å². The van der Waals surface area contributed by atoms with Crippen molar-refractivity contribution in [2.24, 2.45) is 5.73 Å². The van der Waals surface area contributed by atoms with E-state index in [1.165, 1.54) is 39.3 Å². The molecule has 0 heterocycles. The number of rotatable bonds is 14. The predicted octanol–water partition coefficient (Wildman–Crippen LogP) is 6.74. The summed E-state index contributed by atoms with van der Waals surface area (Å²) in [5.74, 6) is -0.782. The number of carbonyl (C=O) groups excluding carboxylic acids is 2. The fraction of sp³-hybridized carbons (Fsp3) is 0.265. The van der Waals surface area contributed by atoms with E-state index in [2.05, 4.69) is 55.2 Å². The third kappa shape index (κ3) is 10.3. The second-order valence-corrected chi connectivity index (χ2v) is 11.3. The van der Waals surface area contributed by atoms with E-state index in [1.807, 2.05) is 6.07 Å². The number of carbonyl (C=O) groups is 2. The number of nitro groups is 1. The molecule has 9 nitrogen and oxygen atoms in total. The van der Waals surface area contributed by atoms with Gasteiger partial charge in [0, 0.05) is 21.8 Å². The molecule has 1 aliphatic rings. The normalized spacial score (nSPS) is 13.3. The number of benzene rings is 3. The summed E-state index contributed by atoms with van der Waals surface area (Å²) < 4.78 is 28.4. The first-order valence-electron chi connectivity index (χ1n) is 14.3. The Morgan fingerprint density at radius 1 is 1.11 bits per heavy atom. The highest BCUT2D eigenvalue weighted by molar-refractivity contribution is 7.98. The number of nitrogens with zero attached hydrogens (tertiary/aromatic N) is 1. The van der Waals surface area contributed by atoms with Crippen molar-refractivity contribution in [3.63, 3.8) is 0 Å². The van der Waals surface area contributed by atoms with Crippen molar-refractivity contribution in [3.05, 3.63) is 110 Å². The zero-order valence-electron chi connectivity index (χ0n) is 25.7. The molecule has 3 aromatic carbocycles. The number of hydrogen-bond donors (Lipinski definition) is 1. The van der Waals surface area contributed by atoms with E-state index in [0.29, 0.717) is 5.56 Å². The first-order valence-corrected chi connectivity index (χ1v) is 16.0. The summed E-state index contributed by atoms with van der Waals surface area (Å²) in [5, 5.41) is 10.2. The Kier molecular flexibility index (Phi) is 14.1. The fourth-order valence-corrected chi connectivity index (χ4v) is 5.21. The van der Waals surface area contributed by atoms with Gasteiger partial charge in [0.25, 0.3) is 6.47 Å². The maximum Gasteiger partial charge on any atom is 0.355 e. The smallest absolute Gasteiger partial charge is 0.355 e. The van der Waals surface area contributed by atoms with E-state index in [0.717, 1.165) is 17.5 Å². The van der Waals surface area contributed by atoms with E-state index >= 15 is 0 Å². The van der Waals surface area contributed by atoms with Crippen molar-refractivity contribution < 1.29 is 33.1 Å². The predicted molar refractivity (Wildman–Crippen MR) is 182 cm³/mol. The average Bonchev–Trinajstić information content (AvgIpc) is 3.29. The molecule has 242 valence electrons.